The Morgan fingerprint density at radius 3 is 2.84 bits per heavy atom. The average molecular weight is 433 g/mol. The number of pyridine rings is 1. The predicted octanol–water partition coefficient (Wildman–Crippen LogP) is 2.57. The molecule has 32 heavy (non-hydrogen) atoms. The van der Waals surface area contributed by atoms with Gasteiger partial charge in [0.1, 0.15) is 5.56 Å². The number of aromatic nitrogens is 2. The molecule has 0 bridgehead atoms. The van der Waals surface area contributed by atoms with Crippen molar-refractivity contribution in [2.24, 2.45) is 5.92 Å². The van der Waals surface area contributed by atoms with Gasteiger partial charge in [0, 0.05) is 56.4 Å². The Kier molecular flexibility index (Phi) is 5.12. The summed E-state index contributed by atoms with van der Waals surface area (Å²) >= 11 is 0. The molecule has 0 saturated carbocycles. The zero-order chi connectivity index (χ0) is 22.4. The van der Waals surface area contributed by atoms with Crippen LogP contribution in [0.25, 0.3) is 10.9 Å². The first kappa shape index (κ1) is 20.5. The minimum Gasteiger partial charge on any atom is -0.361 e. The van der Waals surface area contributed by atoms with Gasteiger partial charge in [-0.1, -0.05) is 18.2 Å². The predicted molar refractivity (Wildman–Crippen MR) is 123 cm³/mol. The van der Waals surface area contributed by atoms with Gasteiger partial charge in [0.15, 0.2) is 0 Å². The van der Waals surface area contributed by atoms with Crippen molar-refractivity contribution >= 4 is 22.7 Å². The van der Waals surface area contributed by atoms with Crippen LogP contribution in [0.3, 0.4) is 0 Å². The quantitative estimate of drug-likeness (QED) is 0.688. The van der Waals surface area contributed by atoms with Gasteiger partial charge in [-0.3, -0.25) is 14.4 Å². The maximum absolute atomic E-state index is 13.4. The Labute approximate surface area is 186 Å². The largest absolute Gasteiger partial charge is 0.361 e. The number of nitrogens with one attached hydrogen (secondary N) is 1. The molecule has 5 rings (SSSR count). The lowest BCUT2D eigenvalue weighted by Gasteiger charge is -2.37. The summed E-state index contributed by atoms with van der Waals surface area (Å²) in [6.07, 6.45) is 5.82. The lowest BCUT2D eigenvalue weighted by Crippen LogP contribution is -2.50. The second-order valence-electron chi connectivity index (χ2n) is 9.06. The molecule has 0 radical (unpaired) electrons. The molecule has 2 fully saturated rings. The van der Waals surface area contributed by atoms with Crippen LogP contribution in [0.2, 0.25) is 0 Å². The number of amides is 2. The molecule has 3 aromatic rings. The van der Waals surface area contributed by atoms with Crippen LogP contribution in [-0.4, -0.2) is 57.3 Å². The van der Waals surface area contributed by atoms with E-state index >= 15 is 0 Å². The van der Waals surface area contributed by atoms with E-state index in [-0.39, 0.29) is 29.0 Å². The molecule has 166 valence electrons. The van der Waals surface area contributed by atoms with E-state index in [2.05, 4.69) is 11.1 Å². The Hall–Kier alpha value is -3.35. The number of nitrogens with zero attached hydrogens (tertiary/aromatic N) is 3. The molecular weight excluding hydrogens is 404 g/mol. The average Bonchev–Trinajstić information content (AvgIpc) is 3.33. The van der Waals surface area contributed by atoms with Crippen molar-refractivity contribution in [2.45, 2.75) is 38.8 Å². The zero-order valence-electron chi connectivity index (χ0n) is 18.5. The molecule has 2 atom stereocenters. The first-order chi connectivity index (χ1) is 15.4. The number of hydrogen-bond acceptors (Lipinski definition) is 3. The van der Waals surface area contributed by atoms with Gasteiger partial charge in [-0.05, 0) is 48.9 Å². The number of hydrogen-bond donors (Lipinski definition) is 1. The van der Waals surface area contributed by atoms with Crippen LogP contribution >= 0.6 is 0 Å². The van der Waals surface area contributed by atoms with Crippen molar-refractivity contribution in [3.05, 3.63) is 69.8 Å². The van der Waals surface area contributed by atoms with Crippen molar-refractivity contribution in [3.8, 4) is 0 Å². The summed E-state index contributed by atoms with van der Waals surface area (Å²) in [5.74, 6) is 0.228. The van der Waals surface area contributed by atoms with Crippen LogP contribution in [0, 0.1) is 12.8 Å². The highest BCUT2D eigenvalue weighted by Crippen LogP contribution is 2.32. The van der Waals surface area contributed by atoms with Crippen LogP contribution in [0.15, 0.2) is 47.5 Å². The zero-order valence-corrected chi connectivity index (χ0v) is 18.5. The van der Waals surface area contributed by atoms with E-state index in [1.54, 1.807) is 20.6 Å². The number of aromatic amines is 1. The minimum absolute atomic E-state index is 0.0494. The normalized spacial score (nSPS) is 20.8. The lowest BCUT2D eigenvalue weighted by molar-refractivity contribution is -0.127. The third kappa shape index (κ3) is 3.42. The molecule has 2 aliphatic heterocycles. The van der Waals surface area contributed by atoms with Gasteiger partial charge in [-0.25, -0.2) is 0 Å². The first-order valence-electron chi connectivity index (χ1n) is 11.2. The van der Waals surface area contributed by atoms with E-state index in [9.17, 15) is 14.4 Å². The summed E-state index contributed by atoms with van der Waals surface area (Å²) in [5.41, 5.74) is 2.93. The van der Waals surface area contributed by atoms with Crippen LogP contribution in [-0.2, 0) is 17.8 Å². The number of fused-ring (bicyclic) bond motifs is 2. The second kappa shape index (κ2) is 7.97. The number of para-hydroxylation sites is 1. The van der Waals surface area contributed by atoms with Gasteiger partial charge in [0.25, 0.3) is 11.5 Å². The Morgan fingerprint density at radius 1 is 1.19 bits per heavy atom. The van der Waals surface area contributed by atoms with E-state index in [4.69, 9.17) is 0 Å². The number of aryl methyl sites for hydroxylation is 3. The van der Waals surface area contributed by atoms with Crippen molar-refractivity contribution in [1.29, 1.82) is 0 Å². The van der Waals surface area contributed by atoms with Crippen LogP contribution in [0.5, 0.6) is 0 Å². The second-order valence-corrected chi connectivity index (χ2v) is 9.06. The van der Waals surface area contributed by atoms with Gasteiger partial charge in [-0.15, -0.1) is 0 Å². The van der Waals surface area contributed by atoms with E-state index < -0.39 is 0 Å². The first-order valence-corrected chi connectivity index (χ1v) is 11.2. The summed E-state index contributed by atoms with van der Waals surface area (Å²) < 4.78 is 1.64. The highest BCUT2D eigenvalue weighted by atomic mass is 16.2. The molecular formula is C25H28N4O3. The molecule has 0 aliphatic carbocycles. The smallest absolute Gasteiger partial charge is 0.263 e. The molecule has 2 aliphatic rings. The molecule has 1 aromatic carbocycles. The van der Waals surface area contributed by atoms with E-state index in [1.807, 2.05) is 44.4 Å². The van der Waals surface area contributed by atoms with Crippen LogP contribution in [0.1, 0.15) is 34.3 Å². The van der Waals surface area contributed by atoms with Crippen molar-refractivity contribution in [1.82, 2.24) is 19.4 Å². The maximum Gasteiger partial charge on any atom is 0.263 e. The fourth-order valence-corrected chi connectivity index (χ4v) is 5.23. The van der Waals surface area contributed by atoms with Gasteiger partial charge in [0.05, 0.1) is 6.04 Å². The number of H-pyrrole nitrogens is 1. The number of likely N-dealkylation sites (tertiary alicyclic amines) is 2. The van der Waals surface area contributed by atoms with E-state index in [1.165, 1.54) is 0 Å². The van der Waals surface area contributed by atoms with Gasteiger partial charge in [-0.2, -0.15) is 0 Å². The number of carbonyl (C=O) groups is 2. The number of rotatable bonds is 4. The molecule has 2 aromatic heterocycles. The lowest BCUT2D eigenvalue weighted by atomic mass is 9.91. The van der Waals surface area contributed by atoms with Gasteiger partial charge < -0.3 is 19.4 Å². The fraction of sp³-hybridized carbons (Fsp3) is 0.400. The third-order valence-electron chi connectivity index (χ3n) is 7.22. The molecule has 4 heterocycles. The summed E-state index contributed by atoms with van der Waals surface area (Å²) in [6, 6.07) is 10.0. The minimum atomic E-state index is -0.243. The molecule has 7 heteroatoms. The molecule has 7 nitrogen and oxygen atoms in total. The number of benzene rings is 1. The Morgan fingerprint density at radius 2 is 2.00 bits per heavy atom. The maximum atomic E-state index is 13.4. The van der Waals surface area contributed by atoms with Gasteiger partial charge >= 0.3 is 0 Å². The Balaban J connectivity index is 1.37. The Bertz CT molecular complexity index is 1260. The fourth-order valence-electron chi connectivity index (χ4n) is 5.23. The third-order valence-corrected chi connectivity index (χ3v) is 7.22. The monoisotopic (exact) mass is 432 g/mol. The van der Waals surface area contributed by atoms with Gasteiger partial charge in [0.2, 0.25) is 5.91 Å². The van der Waals surface area contributed by atoms with Crippen molar-refractivity contribution in [3.63, 3.8) is 0 Å². The molecule has 2 amide bonds. The molecule has 2 saturated heterocycles. The molecule has 1 N–H and O–H groups in total. The van der Waals surface area contributed by atoms with Crippen LogP contribution < -0.4 is 5.56 Å². The highest BCUT2D eigenvalue weighted by molar-refractivity contribution is 5.95. The SMILES string of the molecule is Cc1ccn(CCc2c[nH]c3ccccc23)c(=O)c1C(=O)N1CC[C@@H]2CC(=O)N(C)[C@@H]2C1. The van der Waals surface area contributed by atoms with Crippen molar-refractivity contribution < 1.29 is 9.59 Å². The van der Waals surface area contributed by atoms with Crippen molar-refractivity contribution in [2.75, 3.05) is 20.1 Å². The summed E-state index contributed by atoms with van der Waals surface area (Å²) in [5, 5.41) is 1.15. The standard InChI is InChI=1S/C25H28N4O3/c1-16-7-10-28(11-9-18-14-26-20-6-4-3-5-19(18)20)24(31)23(16)25(32)29-12-8-17-13-22(30)27(2)21(17)15-29/h3-7,10,14,17,21,26H,8-9,11-13,15H2,1-2H3/t17-,21-/m1/s1. The number of piperidine rings is 1. The topological polar surface area (TPSA) is 78.4 Å². The van der Waals surface area contributed by atoms with E-state index in [0.717, 1.165) is 22.9 Å². The molecule has 0 spiro atoms. The number of likely N-dealkylation sites (N-methyl/N-ethyl adjacent to an activating group) is 1. The molecule has 0 unspecified atom stereocenters. The summed E-state index contributed by atoms with van der Waals surface area (Å²) in [4.78, 5) is 45.5. The highest BCUT2D eigenvalue weighted by Gasteiger charge is 2.42. The summed E-state index contributed by atoms with van der Waals surface area (Å²) in [6.45, 7) is 3.40. The number of carbonyl (C=O) groups excluding carboxylic acids is 2. The van der Waals surface area contributed by atoms with E-state index in [0.29, 0.717) is 44.0 Å². The summed E-state index contributed by atoms with van der Waals surface area (Å²) in [7, 11) is 1.81. The van der Waals surface area contributed by atoms with Crippen LogP contribution in [0.4, 0.5) is 0 Å².